The molecule has 0 radical (unpaired) electrons. The highest BCUT2D eigenvalue weighted by atomic mass is 15.2. The van der Waals surface area contributed by atoms with Gasteiger partial charge in [-0.3, -0.25) is 0 Å². The normalized spacial score (nSPS) is 23.0. The molecular formula is C18H31N3. The molecule has 3 heteroatoms. The molecule has 2 rings (SSSR count). The zero-order chi connectivity index (χ0) is 15.4. The summed E-state index contributed by atoms with van der Waals surface area (Å²) < 4.78 is 0. The molecule has 2 unspecified atom stereocenters. The van der Waals surface area contributed by atoms with Crippen LogP contribution in [-0.2, 0) is 6.42 Å². The number of hydrogen-bond acceptors (Lipinski definition) is 3. The molecule has 0 aromatic heterocycles. The van der Waals surface area contributed by atoms with Crippen LogP contribution >= 0.6 is 0 Å². The molecule has 0 spiro atoms. The minimum absolute atomic E-state index is 0.496. The average Bonchev–Trinajstić information content (AvgIpc) is 2.61. The van der Waals surface area contributed by atoms with Crippen LogP contribution in [-0.4, -0.2) is 62.7 Å². The van der Waals surface area contributed by atoms with Crippen molar-refractivity contribution in [1.82, 2.24) is 15.1 Å². The van der Waals surface area contributed by atoms with Crippen molar-refractivity contribution >= 4 is 0 Å². The number of rotatable bonds is 4. The molecule has 1 heterocycles. The van der Waals surface area contributed by atoms with Crippen LogP contribution in [0.3, 0.4) is 0 Å². The Hall–Kier alpha value is -0.900. The monoisotopic (exact) mass is 289 g/mol. The Bertz CT molecular complexity index is 458. The van der Waals surface area contributed by atoms with Crippen LogP contribution in [0.25, 0.3) is 0 Å². The summed E-state index contributed by atoms with van der Waals surface area (Å²) in [5.41, 5.74) is 4.25. The van der Waals surface area contributed by atoms with Gasteiger partial charge in [0.15, 0.2) is 0 Å². The zero-order valence-electron chi connectivity index (χ0n) is 14.3. The van der Waals surface area contributed by atoms with E-state index in [9.17, 15) is 0 Å². The third kappa shape index (κ3) is 4.29. The first-order valence-electron chi connectivity index (χ1n) is 8.13. The predicted octanol–water partition coefficient (Wildman–Crippen LogP) is 2.07. The van der Waals surface area contributed by atoms with Crippen LogP contribution < -0.4 is 5.32 Å². The van der Waals surface area contributed by atoms with Crippen molar-refractivity contribution in [2.75, 3.05) is 40.8 Å². The Morgan fingerprint density at radius 3 is 2.71 bits per heavy atom. The van der Waals surface area contributed by atoms with Gasteiger partial charge in [0, 0.05) is 18.6 Å². The van der Waals surface area contributed by atoms with Gasteiger partial charge in [-0.2, -0.15) is 0 Å². The second-order valence-corrected chi connectivity index (χ2v) is 6.69. The maximum Gasteiger partial charge on any atom is 0.0376 e. The first-order valence-corrected chi connectivity index (χ1v) is 8.13. The van der Waals surface area contributed by atoms with Gasteiger partial charge in [-0.15, -0.1) is 0 Å². The molecule has 2 atom stereocenters. The van der Waals surface area contributed by atoms with Crippen LogP contribution in [0.1, 0.15) is 23.1 Å². The molecule has 118 valence electrons. The smallest absolute Gasteiger partial charge is 0.0376 e. The quantitative estimate of drug-likeness (QED) is 0.915. The molecule has 21 heavy (non-hydrogen) atoms. The van der Waals surface area contributed by atoms with E-state index >= 15 is 0 Å². The lowest BCUT2D eigenvalue weighted by atomic mass is 9.94. The Morgan fingerprint density at radius 2 is 2.00 bits per heavy atom. The molecule has 1 fully saturated rings. The summed E-state index contributed by atoms with van der Waals surface area (Å²) in [6, 6.07) is 7.87. The van der Waals surface area contributed by atoms with Gasteiger partial charge in [0.1, 0.15) is 0 Å². The fourth-order valence-corrected chi connectivity index (χ4v) is 3.43. The maximum absolute atomic E-state index is 3.58. The van der Waals surface area contributed by atoms with Crippen molar-refractivity contribution in [2.24, 2.45) is 0 Å². The van der Waals surface area contributed by atoms with Gasteiger partial charge in [0.05, 0.1) is 0 Å². The highest BCUT2D eigenvalue weighted by Gasteiger charge is 2.27. The Balaban J connectivity index is 2.16. The summed E-state index contributed by atoms with van der Waals surface area (Å²) in [7, 11) is 6.63. The largest absolute Gasteiger partial charge is 0.315 e. The number of benzene rings is 1. The van der Waals surface area contributed by atoms with E-state index in [1.807, 2.05) is 0 Å². The lowest BCUT2D eigenvalue weighted by molar-refractivity contribution is 0.181. The second-order valence-electron chi connectivity index (χ2n) is 6.69. The average molecular weight is 289 g/mol. The summed E-state index contributed by atoms with van der Waals surface area (Å²) in [4.78, 5) is 5.01. The van der Waals surface area contributed by atoms with E-state index in [4.69, 9.17) is 0 Å². The van der Waals surface area contributed by atoms with E-state index in [2.05, 4.69) is 68.3 Å². The van der Waals surface area contributed by atoms with E-state index in [-0.39, 0.29) is 0 Å². The SMILES string of the molecule is CNC(Cc1cc(C)ccc1C)C1CN(C)CCCN1C. The number of likely N-dealkylation sites (N-methyl/N-ethyl adjacent to an activating group) is 3. The predicted molar refractivity (Wildman–Crippen MR) is 91.0 cm³/mol. The zero-order valence-corrected chi connectivity index (χ0v) is 14.3. The Labute approximate surface area is 130 Å². The van der Waals surface area contributed by atoms with Gasteiger partial charge in [-0.1, -0.05) is 23.8 Å². The number of nitrogens with zero attached hydrogens (tertiary/aromatic N) is 2. The highest BCUT2D eigenvalue weighted by Crippen LogP contribution is 2.18. The molecule has 1 N–H and O–H groups in total. The second kappa shape index (κ2) is 7.39. The van der Waals surface area contributed by atoms with E-state index < -0.39 is 0 Å². The number of nitrogens with one attached hydrogen (secondary N) is 1. The molecule has 0 saturated carbocycles. The van der Waals surface area contributed by atoms with Gasteiger partial charge in [-0.05, 0) is 72.0 Å². The van der Waals surface area contributed by atoms with Crippen LogP contribution in [0.2, 0.25) is 0 Å². The topological polar surface area (TPSA) is 18.5 Å². The highest BCUT2D eigenvalue weighted by molar-refractivity contribution is 5.31. The summed E-state index contributed by atoms with van der Waals surface area (Å²) in [6.07, 6.45) is 2.37. The maximum atomic E-state index is 3.58. The van der Waals surface area contributed by atoms with Crippen molar-refractivity contribution in [1.29, 1.82) is 0 Å². The van der Waals surface area contributed by atoms with Crippen molar-refractivity contribution in [3.63, 3.8) is 0 Å². The Kier molecular flexibility index (Phi) is 5.80. The molecule has 1 aliphatic heterocycles. The fraction of sp³-hybridized carbons (Fsp3) is 0.667. The summed E-state index contributed by atoms with van der Waals surface area (Å²) in [5.74, 6) is 0. The molecule has 1 saturated heterocycles. The van der Waals surface area contributed by atoms with Crippen LogP contribution in [0.15, 0.2) is 18.2 Å². The summed E-state index contributed by atoms with van der Waals surface area (Å²) in [6.45, 7) is 7.96. The van der Waals surface area contributed by atoms with Gasteiger partial charge in [-0.25, -0.2) is 0 Å². The van der Waals surface area contributed by atoms with Gasteiger partial charge < -0.3 is 15.1 Å². The summed E-state index contributed by atoms with van der Waals surface area (Å²) >= 11 is 0. The van der Waals surface area contributed by atoms with Crippen molar-refractivity contribution in [3.8, 4) is 0 Å². The van der Waals surface area contributed by atoms with E-state index in [1.54, 1.807) is 0 Å². The molecule has 0 bridgehead atoms. The molecule has 0 aliphatic carbocycles. The van der Waals surface area contributed by atoms with Gasteiger partial charge >= 0.3 is 0 Å². The van der Waals surface area contributed by atoms with Crippen molar-refractivity contribution in [3.05, 3.63) is 34.9 Å². The fourth-order valence-electron chi connectivity index (χ4n) is 3.43. The standard InChI is InChI=1S/C18H31N3/c1-14-7-8-15(2)16(11-14)12-17(19-3)18-13-20(4)9-6-10-21(18)5/h7-8,11,17-19H,6,9-10,12-13H2,1-5H3. The minimum Gasteiger partial charge on any atom is -0.315 e. The first-order chi connectivity index (χ1) is 10.0. The Morgan fingerprint density at radius 1 is 1.24 bits per heavy atom. The van der Waals surface area contributed by atoms with Gasteiger partial charge in [0.2, 0.25) is 0 Å². The number of aryl methyl sites for hydroxylation is 2. The molecule has 1 aliphatic rings. The third-order valence-electron chi connectivity index (χ3n) is 4.90. The molecule has 0 amide bonds. The molecular weight excluding hydrogens is 258 g/mol. The van der Waals surface area contributed by atoms with E-state index in [0.717, 1.165) is 13.0 Å². The van der Waals surface area contributed by atoms with E-state index in [0.29, 0.717) is 12.1 Å². The third-order valence-corrected chi connectivity index (χ3v) is 4.90. The number of hydrogen-bond donors (Lipinski definition) is 1. The summed E-state index contributed by atoms with van der Waals surface area (Å²) in [5, 5.41) is 3.58. The molecule has 1 aromatic rings. The van der Waals surface area contributed by atoms with Crippen molar-refractivity contribution < 1.29 is 0 Å². The van der Waals surface area contributed by atoms with E-state index in [1.165, 1.54) is 36.2 Å². The van der Waals surface area contributed by atoms with Crippen molar-refractivity contribution in [2.45, 2.75) is 38.8 Å². The first kappa shape index (κ1) is 16.5. The van der Waals surface area contributed by atoms with Crippen LogP contribution in [0, 0.1) is 13.8 Å². The molecule has 3 nitrogen and oxygen atoms in total. The minimum atomic E-state index is 0.496. The lowest BCUT2D eigenvalue weighted by Crippen LogP contribution is -2.52. The van der Waals surface area contributed by atoms with Crippen LogP contribution in [0.4, 0.5) is 0 Å². The lowest BCUT2D eigenvalue weighted by Gasteiger charge is -2.35. The van der Waals surface area contributed by atoms with Gasteiger partial charge in [0.25, 0.3) is 0 Å². The van der Waals surface area contributed by atoms with Crippen LogP contribution in [0.5, 0.6) is 0 Å². The molecule has 1 aromatic carbocycles.